The topological polar surface area (TPSA) is 82.2 Å². The van der Waals surface area contributed by atoms with Crippen LogP contribution >= 0.6 is 0 Å². The molecule has 0 fully saturated rings. The van der Waals surface area contributed by atoms with Crippen molar-refractivity contribution in [2.75, 3.05) is 11.9 Å². The van der Waals surface area contributed by atoms with Crippen molar-refractivity contribution < 1.29 is 22.4 Å². The Hall–Kier alpha value is -3.69. The maximum absolute atomic E-state index is 13.5. The molecule has 0 saturated heterocycles. The van der Waals surface area contributed by atoms with Gasteiger partial charge in [0.2, 0.25) is 5.96 Å². The number of carbonyl (C=O) groups excluding carboxylic acids is 1. The fraction of sp³-hybridized carbons (Fsp3) is 0.190. The summed E-state index contributed by atoms with van der Waals surface area (Å²) in [6.45, 7) is 4.19. The third-order valence-electron chi connectivity index (χ3n) is 4.03. The molecular formula is C21H19F4N5O. The molecule has 3 N–H and O–H groups in total. The molecule has 0 saturated carbocycles. The summed E-state index contributed by atoms with van der Waals surface area (Å²) in [5.41, 5.74) is 0.469. The summed E-state index contributed by atoms with van der Waals surface area (Å²) in [7, 11) is 0. The van der Waals surface area contributed by atoms with Crippen LogP contribution in [0.4, 0.5) is 23.4 Å². The molecule has 0 unspecified atom stereocenters. The maximum Gasteiger partial charge on any atom is 0.258 e. The summed E-state index contributed by atoms with van der Waals surface area (Å²) in [5.74, 6) is -4.01. The highest BCUT2D eigenvalue weighted by Gasteiger charge is 2.14. The van der Waals surface area contributed by atoms with Gasteiger partial charge in [0.25, 0.3) is 5.91 Å². The van der Waals surface area contributed by atoms with E-state index in [0.29, 0.717) is 12.2 Å². The Morgan fingerprint density at radius 3 is 2.39 bits per heavy atom. The van der Waals surface area contributed by atoms with Crippen molar-refractivity contribution in [3.63, 3.8) is 0 Å². The molecule has 31 heavy (non-hydrogen) atoms. The van der Waals surface area contributed by atoms with E-state index in [2.05, 4.69) is 25.8 Å². The first-order valence-electron chi connectivity index (χ1n) is 9.31. The second kappa shape index (κ2) is 9.41. The summed E-state index contributed by atoms with van der Waals surface area (Å²) >= 11 is 0. The first-order chi connectivity index (χ1) is 14.7. The molecule has 0 atom stereocenters. The minimum absolute atomic E-state index is 0.0203. The fourth-order valence-corrected chi connectivity index (χ4v) is 2.57. The van der Waals surface area contributed by atoms with E-state index in [1.807, 2.05) is 13.8 Å². The molecule has 0 aliphatic carbocycles. The number of aliphatic imine (C=N–C) groups is 1. The highest BCUT2D eigenvalue weighted by atomic mass is 19.2. The zero-order valence-corrected chi connectivity index (χ0v) is 16.6. The molecule has 2 aromatic carbocycles. The number of guanidine groups is 1. The zero-order chi connectivity index (χ0) is 22.5. The quantitative estimate of drug-likeness (QED) is 0.315. The lowest BCUT2D eigenvalue weighted by Crippen LogP contribution is -2.36. The third-order valence-corrected chi connectivity index (χ3v) is 4.03. The molecule has 0 aliphatic rings. The third kappa shape index (κ3) is 5.91. The number of amides is 1. The molecule has 0 bridgehead atoms. The summed E-state index contributed by atoms with van der Waals surface area (Å²) < 4.78 is 53.5. The lowest BCUT2D eigenvalue weighted by molar-refractivity contribution is 0.0976. The Morgan fingerprint density at radius 2 is 1.74 bits per heavy atom. The van der Waals surface area contributed by atoms with Crippen LogP contribution in [0.1, 0.15) is 24.2 Å². The molecule has 1 heterocycles. The fourth-order valence-electron chi connectivity index (χ4n) is 2.57. The van der Waals surface area contributed by atoms with Gasteiger partial charge in [-0.25, -0.2) is 17.6 Å². The van der Waals surface area contributed by atoms with Crippen LogP contribution in [0.5, 0.6) is 0 Å². The number of H-pyrrole nitrogens is 1. The van der Waals surface area contributed by atoms with E-state index in [0.717, 1.165) is 36.4 Å². The molecule has 3 aromatic rings. The monoisotopic (exact) mass is 433 g/mol. The lowest BCUT2D eigenvalue weighted by Gasteiger charge is -2.11. The smallest absolute Gasteiger partial charge is 0.258 e. The zero-order valence-electron chi connectivity index (χ0n) is 16.6. The van der Waals surface area contributed by atoms with Crippen molar-refractivity contribution in [2.45, 2.75) is 13.8 Å². The van der Waals surface area contributed by atoms with E-state index in [1.165, 1.54) is 6.07 Å². The summed E-state index contributed by atoms with van der Waals surface area (Å²) in [4.78, 5) is 16.7. The van der Waals surface area contributed by atoms with Crippen LogP contribution in [0.3, 0.4) is 0 Å². The van der Waals surface area contributed by atoms with Crippen molar-refractivity contribution in [1.29, 1.82) is 0 Å². The number of nitrogens with one attached hydrogen (secondary N) is 3. The second-order valence-electron chi connectivity index (χ2n) is 7.12. The van der Waals surface area contributed by atoms with Crippen LogP contribution in [-0.2, 0) is 0 Å². The van der Waals surface area contributed by atoms with Crippen molar-refractivity contribution in [3.8, 4) is 11.3 Å². The van der Waals surface area contributed by atoms with Gasteiger partial charge in [-0.15, -0.1) is 0 Å². The van der Waals surface area contributed by atoms with Gasteiger partial charge in [-0.2, -0.15) is 5.10 Å². The van der Waals surface area contributed by atoms with Crippen LogP contribution in [-0.4, -0.2) is 28.6 Å². The average molecular weight is 433 g/mol. The number of halogens is 4. The highest BCUT2D eigenvalue weighted by Crippen LogP contribution is 2.22. The molecule has 0 aliphatic heterocycles. The molecule has 3 rings (SSSR count). The van der Waals surface area contributed by atoms with E-state index in [4.69, 9.17) is 0 Å². The van der Waals surface area contributed by atoms with Gasteiger partial charge in [-0.1, -0.05) is 13.8 Å². The van der Waals surface area contributed by atoms with Crippen molar-refractivity contribution in [3.05, 3.63) is 71.3 Å². The minimum atomic E-state index is -1.15. The maximum atomic E-state index is 13.5. The summed E-state index contributed by atoms with van der Waals surface area (Å²) in [6, 6.07) is 7.26. The number of aromatic nitrogens is 2. The molecule has 0 spiro atoms. The normalized spacial score (nSPS) is 11.6. The minimum Gasteiger partial charge on any atom is -0.309 e. The number of anilines is 1. The largest absolute Gasteiger partial charge is 0.309 e. The van der Waals surface area contributed by atoms with E-state index in [-0.39, 0.29) is 28.8 Å². The Kier molecular flexibility index (Phi) is 6.68. The molecule has 6 nitrogen and oxygen atoms in total. The van der Waals surface area contributed by atoms with E-state index in [9.17, 15) is 22.4 Å². The van der Waals surface area contributed by atoms with Gasteiger partial charge < -0.3 is 5.32 Å². The number of rotatable bonds is 5. The summed E-state index contributed by atoms with van der Waals surface area (Å²) in [6.07, 6.45) is 0. The number of carbonyl (C=O) groups is 1. The molecular weight excluding hydrogens is 414 g/mol. The van der Waals surface area contributed by atoms with Gasteiger partial charge in [-0.3, -0.25) is 20.2 Å². The van der Waals surface area contributed by atoms with E-state index in [1.54, 1.807) is 0 Å². The van der Waals surface area contributed by atoms with E-state index < -0.39 is 29.2 Å². The van der Waals surface area contributed by atoms with Gasteiger partial charge in [0.05, 0.1) is 5.69 Å². The molecule has 0 radical (unpaired) electrons. The van der Waals surface area contributed by atoms with Gasteiger partial charge >= 0.3 is 0 Å². The van der Waals surface area contributed by atoms with Gasteiger partial charge in [0.1, 0.15) is 11.6 Å². The first kappa shape index (κ1) is 22.0. The Bertz CT molecular complexity index is 1110. The van der Waals surface area contributed by atoms with Crippen LogP contribution in [0, 0.1) is 29.2 Å². The van der Waals surface area contributed by atoms with Crippen LogP contribution in [0.15, 0.2) is 47.5 Å². The molecule has 1 aromatic heterocycles. The second-order valence-corrected chi connectivity index (χ2v) is 7.12. The van der Waals surface area contributed by atoms with Crippen LogP contribution in [0.25, 0.3) is 11.3 Å². The Labute approximate surface area is 175 Å². The van der Waals surface area contributed by atoms with Crippen molar-refractivity contribution >= 4 is 17.7 Å². The SMILES string of the molecule is CC(C)CN=C(NC(=O)c1ccc(F)c(F)c1)Nc1cc(-c2cc(F)cc(F)c2)[nH]n1. The highest BCUT2D eigenvalue weighted by molar-refractivity contribution is 6.09. The molecule has 1 amide bonds. The van der Waals surface area contributed by atoms with Crippen LogP contribution < -0.4 is 10.6 Å². The first-order valence-corrected chi connectivity index (χ1v) is 9.31. The molecule has 10 heteroatoms. The van der Waals surface area contributed by atoms with E-state index >= 15 is 0 Å². The number of benzene rings is 2. The number of hydrogen-bond donors (Lipinski definition) is 3. The number of hydrogen-bond acceptors (Lipinski definition) is 3. The van der Waals surface area contributed by atoms with Crippen LogP contribution in [0.2, 0.25) is 0 Å². The predicted octanol–water partition coefficient (Wildman–Crippen LogP) is 4.49. The Balaban J connectivity index is 1.80. The van der Waals surface area contributed by atoms with Crippen molar-refractivity contribution in [2.24, 2.45) is 10.9 Å². The summed E-state index contributed by atoms with van der Waals surface area (Å²) in [5, 5.41) is 11.9. The van der Waals surface area contributed by atoms with Crippen molar-refractivity contribution in [1.82, 2.24) is 15.5 Å². The average Bonchev–Trinajstić information content (AvgIpc) is 3.16. The molecule has 162 valence electrons. The van der Waals surface area contributed by atoms with Gasteiger partial charge in [0, 0.05) is 29.8 Å². The van der Waals surface area contributed by atoms with Gasteiger partial charge in [0.15, 0.2) is 17.5 Å². The number of nitrogens with zero attached hydrogens (tertiary/aromatic N) is 2. The lowest BCUT2D eigenvalue weighted by atomic mass is 10.1. The number of aromatic amines is 1. The predicted molar refractivity (Wildman–Crippen MR) is 109 cm³/mol. The van der Waals surface area contributed by atoms with Gasteiger partial charge in [-0.05, 0) is 36.2 Å². The Morgan fingerprint density at radius 1 is 1.03 bits per heavy atom. The standard InChI is InChI=1S/C21H19F4N5O/c1-11(2)10-26-21(28-20(31)12-3-4-16(24)17(25)7-12)27-19-9-18(29-30-19)13-5-14(22)8-15(23)6-13/h3-9,11H,10H2,1-2H3,(H3,26,27,28,29,30,31).